The topological polar surface area (TPSA) is 165 Å². The van der Waals surface area contributed by atoms with E-state index in [1.165, 1.54) is 29.2 Å². The fourth-order valence-electron chi connectivity index (χ4n) is 13.3. The summed E-state index contributed by atoms with van der Waals surface area (Å²) in [5, 5.41) is 9.22. The fraction of sp³-hybridized carbons (Fsp3) is 0.431. The molecule has 23 heteroatoms. The van der Waals surface area contributed by atoms with Gasteiger partial charge in [0.25, 0.3) is 11.8 Å². The average molecular weight is 1320 g/mol. The van der Waals surface area contributed by atoms with Crippen molar-refractivity contribution in [2.45, 2.75) is 99.8 Å². The summed E-state index contributed by atoms with van der Waals surface area (Å²) in [5.74, 6) is -2.03. The lowest BCUT2D eigenvalue weighted by Gasteiger charge is -2.44. The Morgan fingerprint density at radius 3 is 2.03 bits per heavy atom. The number of nitrogens with one attached hydrogen (secondary N) is 3. The van der Waals surface area contributed by atoms with Crippen LogP contribution in [0.4, 0.5) is 46.9 Å². The molecule has 0 radical (unpaired) electrons. The first kappa shape index (κ1) is 69.4. The Kier molecular flexibility index (Phi) is 22.7. The number of amides is 5. The lowest BCUT2D eigenvalue weighted by atomic mass is 9.72. The number of alkyl halides is 6. The van der Waals surface area contributed by atoms with Gasteiger partial charge in [-0.2, -0.15) is 26.3 Å². The highest BCUT2D eigenvalue weighted by molar-refractivity contribution is 5.95. The number of carbonyl (C=O) groups is 5. The van der Waals surface area contributed by atoms with Crippen LogP contribution in [0.5, 0.6) is 0 Å². The molecule has 10 rings (SSSR count). The SMILES string of the molecule is CN(CCN1CCC(OC(=O)Nc2ccccc2-c2ccccc2)CC1)C(=O)CCCCCNc1ccc(C(=O)NCCN(C)C(=O)CO[C@H]2Cc3ccccc3C23CCN(CC[C@@]2(c4ccc(F)cc4)CN(C(=O)c4cc(C(F)(F)F)cc(C(F)(F)F)c4)CO2)CC3)cc1. The van der Waals surface area contributed by atoms with Crippen molar-refractivity contribution in [1.82, 2.24) is 29.8 Å². The lowest BCUT2D eigenvalue weighted by molar-refractivity contribution is -0.143. The minimum Gasteiger partial charge on any atom is -0.446 e. The predicted molar refractivity (Wildman–Crippen MR) is 346 cm³/mol. The molecule has 1 spiro atoms. The molecule has 5 amide bonds. The van der Waals surface area contributed by atoms with Gasteiger partial charge in [-0.05, 0) is 147 Å². The van der Waals surface area contributed by atoms with Gasteiger partial charge in [-0.3, -0.25) is 24.5 Å². The highest BCUT2D eigenvalue weighted by atomic mass is 19.4. The van der Waals surface area contributed by atoms with Crippen LogP contribution in [0.25, 0.3) is 11.1 Å². The average Bonchev–Trinajstić information content (AvgIpc) is 1.61. The normalized spacial score (nSPS) is 18.3. The first-order valence-corrected chi connectivity index (χ1v) is 32.4. The van der Waals surface area contributed by atoms with Gasteiger partial charge in [-0.25, -0.2) is 9.18 Å². The van der Waals surface area contributed by atoms with Crippen LogP contribution in [0.3, 0.4) is 0 Å². The number of fused-ring (bicyclic) bond motifs is 2. The van der Waals surface area contributed by atoms with Crippen molar-refractivity contribution >= 4 is 41.1 Å². The van der Waals surface area contributed by atoms with Crippen molar-refractivity contribution in [2.24, 2.45) is 0 Å². The van der Waals surface area contributed by atoms with E-state index in [1.807, 2.05) is 85.9 Å². The zero-order valence-electron chi connectivity index (χ0n) is 53.4. The zero-order chi connectivity index (χ0) is 67.3. The number of rotatable bonds is 25. The maximum Gasteiger partial charge on any atom is 0.416 e. The maximum atomic E-state index is 14.2. The molecule has 6 aromatic rings. The molecular weight excluding hydrogens is 1240 g/mol. The lowest BCUT2D eigenvalue weighted by Crippen LogP contribution is -2.50. The van der Waals surface area contributed by atoms with Gasteiger partial charge in [0, 0.05) is 101 Å². The molecule has 6 aromatic carbocycles. The van der Waals surface area contributed by atoms with E-state index in [1.54, 1.807) is 24.1 Å². The molecule has 0 aromatic heterocycles. The van der Waals surface area contributed by atoms with E-state index in [4.69, 9.17) is 14.2 Å². The number of anilines is 2. The smallest absolute Gasteiger partial charge is 0.416 e. The Hall–Kier alpha value is -8.38. The van der Waals surface area contributed by atoms with Gasteiger partial charge in [-0.1, -0.05) is 91.3 Å². The minimum absolute atomic E-state index is 0.0312. The van der Waals surface area contributed by atoms with Gasteiger partial charge in [0.1, 0.15) is 30.9 Å². The van der Waals surface area contributed by atoms with Crippen LogP contribution in [0, 0.1) is 5.82 Å². The summed E-state index contributed by atoms with van der Waals surface area (Å²) in [6.45, 7) is 4.86. The zero-order valence-corrected chi connectivity index (χ0v) is 53.4. The summed E-state index contributed by atoms with van der Waals surface area (Å²) in [6.07, 6.45) is -4.68. The molecule has 3 N–H and O–H groups in total. The molecule has 4 aliphatic rings. The molecule has 3 fully saturated rings. The van der Waals surface area contributed by atoms with Crippen molar-refractivity contribution in [2.75, 3.05) is 110 Å². The van der Waals surface area contributed by atoms with Crippen LogP contribution >= 0.6 is 0 Å². The third-order valence-electron chi connectivity index (χ3n) is 18.9. The van der Waals surface area contributed by atoms with E-state index in [-0.39, 0.29) is 68.7 Å². The highest BCUT2D eigenvalue weighted by Gasteiger charge is 2.50. The highest BCUT2D eigenvalue weighted by Crippen LogP contribution is 2.48. The van der Waals surface area contributed by atoms with E-state index in [0.29, 0.717) is 87.4 Å². The van der Waals surface area contributed by atoms with Crippen molar-refractivity contribution in [1.29, 1.82) is 0 Å². The summed E-state index contributed by atoms with van der Waals surface area (Å²) >= 11 is 0. The van der Waals surface area contributed by atoms with E-state index >= 15 is 0 Å². The number of piperidine rings is 2. The third kappa shape index (κ3) is 17.8. The molecular formula is C72H81F7N8O8. The number of likely N-dealkylation sites (tertiary alicyclic amines) is 2. The summed E-state index contributed by atoms with van der Waals surface area (Å²) in [5.41, 5.74) is 1.02. The second kappa shape index (κ2) is 31.0. The number of hydrogen-bond acceptors (Lipinski definition) is 11. The summed E-state index contributed by atoms with van der Waals surface area (Å²) in [6, 6.07) is 39.0. The fourth-order valence-corrected chi connectivity index (χ4v) is 13.3. The van der Waals surface area contributed by atoms with Crippen LogP contribution < -0.4 is 16.0 Å². The quantitative estimate of drug-likeness (QED) is 0.0369. The summed E-state index contributed by atoms with van der Waals surface area (Å²) in [7, 11) is 3.50. The largest absolute Gasteiger partial charge is 0.446 e. The van der Waals surface area contributed by atoms with Gasteiger partial charge in [0.15, 0.2) is 0 Å². The number of likely N-dealkylation sites (N-methyl/N-ethyl adjacent to an activating group) is 2. The summed E-state index contributed by atoms with van der Waals surface area (Å²) < 4.78 is 115. The van der Waals surface area contributed by atoms with Gasteiger partial charge in [0.05, 0.1) is 29.5 Å². The Morgan fingerprint density at radius 1 is 0.674 bits per heavy atom. The van der Waals surface area contributed by atoms with E-state index in [0.717, 1.165) is 84.6 Å². The number of halogens is 7. The van der Waals surface area contributed by atoms with Crippen molar-refractivity contribution in [3.05, 3.63) is 190 Å². The molecule has 16 nitrogen and oxygen atoms in total. The number of benzene rings is 6. The van der Waals surface area contributed by atoms with Crippen LogP contribution in [0.1, 0.15) is 106 Å². The molecule has 3 saturated heterocycles. The molecule has 95 heavy (non-hydrogen) atoms. The van der Waals surface area contributed by atoms with E-state index in [9.17, 15) is 54.7 Å². The molecule has 2 atom stereocenters. The molecule has 3 heterocycles. The van der Waals surface area contributed by atoms with Crippen LogP contribution in [-0.4, -0.2) is 166 Å². The number of para-hydroxylation sites is 1. The van der Waals surface area contributed by atoms with Crippen LogP contribution in [-0.2, 0) is 53.6 Å². The Labute approximate surface area is 549 Å². The second-order valence-corrected chi connectivity index (χ2v) is 25.2. The van der Waals surface area contributed by atoms with Crippen molar-refractivity contribution in [3.8, 4) is 11.1 Å². The first-order chi connectivity index (χ1) is 45.6. The van der Waals surface area contributed by atoms with Gasteiger partial charge < -0.3 is 49.3 Å². The predicted octanol–water partition coefficient (Wildman–Crippen LogP) is 12.3. The van der Waals surface area contributed by atoms with Crippen LogP contribution in [0.15, 0.2) is 146 Å². The first-order valence-electron chi connectivity index (χ1n) is 32.4. The number of hydrogen-bond donors (Lipinski definition) is 3. The van der Waals surface area contributed by atoms with Crippen LogP contribution in [0.2, 0.25) is 0 Å². The van der Waals surface area contributed by atoms with Gasteiger partial charge in [-0.15, -0.1) is 0 Å². The van der Waals surface area contributed by atoms with E-state index in [2.05, 4.69) is 37.9 Å². The number of unbranched alkanes of at least 4 members (excludes halogenated alkanes) is 2. The monoisotopic (exact) mass is 1320 g/mol. The Bertz CT molecular complexity index is 3570. The van der Waals surface area contributed by atoms with Crippen molar-refractivity contribution in [3.63, 3.8) is 0 Å². The minimum atomic E-state index is -5.15. The van der Waals surface area contributed by atoms with Gasteiger partial charge >= 0.3 is 18.4 Å². The molecule has 1 aliphatic carbocycles. The van der Waals surface area contributed by atoms with Crippen molar-refractivity contribution < 1.29 is 68.9 Å². The van der Waals surface area contributed by atoms with Gasteiger partial charge in [0.2, 0.25) is 11.8 Å². The number of nitrogens with zero attached hydrogens (tertiary/aromatic N) is 5. The molecule has 0 bridgehead atoms. The van der Waals surface area contributed by atoms with E-state index < -0.39 is 64.6 Å². The maximum absolute atomic E-state index is 14.2. The number of carbonyl (C=O) groups excluding carboxylic acids is 5. The second-order valence-electron chi connectivity index (χ2n) is 25.2. The standard InChI is InChI=1S/C72H81F7N8O8/c1-83(40-34-81-66(90)51-20-26-58(27-21-51)80-33-12-4-7-19-64(88)84(2)41-42-85-35-28-59(29-36-85)95-68(92)82-62-18-11-9-16-60(62)50-13-5-3-6-14-50)65(89)47-93-63-45-52-15-8-10-17-61(52)69(63)30-37-86(38-31-69)39-32-70(54-22-24-57(73)25-23-54)48-87(49-94-70)67(91)53-43-55(71(74,75)76)46-56(44-53)72(77,78)79/h3,5-6,8-11,13-18,20-27,43-44,46,59,63,80H,4,7,12,19,28-42,45,47-49H2,1-2H3,(H,81,90)(H,82,92)/t63-,70-/m0/s1. The molecule has 3 aliphatic heterocycles. The summed E-state index contributed by atoms with van der Waals surface area (Å²) in [4.78, 5) is 75.2. The Balaban J connectivity index is 0.604. The molecule has 506 valence electrons. The Morgan fingerprint density at radius 2 is 1.33 bits per heavy atom. The molecule has 0 unspecified atom stereocenters. The third-order valence-corrected chi connectivity index (χ3v) is 18.9. The molecule has 0 saturated carbocycles. The number of ether oxygens (including phenoxy) is 3.